The molecular formula is C18H17N3O3. The Morgan fingerprint density at radius 1 is 1.04 bits per heavy atom. The van der Waals surface area contributed by atoms with Crippen LogP contribution in [0.15, 0.2) is 48.5 Å². The molecule has 3 aromatic rings. The van der Waals surface area contributed by atoms with Crippen LogP contribution in [0, 0.1) is 10.1 Å². The number of H-pyrrole nitrogens is 1. The Bertz CT molecular complexity index is 897. The van der Waals surface area contributed by atoms with Gasteiger partial charge in [-0.1, -0.05) is 30.3 Å². The zero-order chi connectivity index (χ0) is 16.5. The summed E-state index contributed by atoms with van der Waals surface area (Å²) in [4.78, 5) is 16.8. The average molecular weight is 323 g/mol. The van der Waals surface area contributed by atoms with Gasteiger partial charge < -0.3 is 14.6 Å². The van der Waals surface area contributed by atoms with E-state index >= 15 is 0 Å². The summed E-state index contributed by atoms with van der Waals surface area (Å²) in [5.74, 6) is 0. The van der Waals surface area contributed by atoms with Gasteiger partial charge in [0.2, 0.25) is 0 Å². The number of rotatable bonds is 3. The molecule has 1 saturated heterocycles. The quantitative estimate of drug-likeness (QED) is 0.591. The Morgan fingerprint density at radius 2 is 1.75 bits per heavy atom. The molecular weight excluding hydrogens is 306 g/mol. The van der Waals surface area contributed by atoms with E-state index < -0.39 is 0 Å². The number of nitrogens with zero attached hydrogens (tertiary/aromatic N) is 2. The predicted octanol–water partition coefficient (Wildman–Crippen LogP) is 3.58. The van der Waals surface area contributed by atoms with Gasteiger partial charge in [-0.15, -0.1) is 0 Å². The summed E-state index contributed by atoms with van der Waals surface area (Å²) in [6.07, 6.45) is 0. The maximum atomic E-state index is 11.5. The minimum atomic E-state index is -0.329. The van der Waals surface area contributed by atoms with Gasteiger partial charge in [0.25, 0.3) is 5.69 Å². The fourth-order valence-electron chi connectivity index (χ4n) is 3.28. The van der Waals surface area contributed by atoms with E-state index in [1.165, 1.54) is 0 Å². The van der Waals surface area contributed by atoms with Crippen molar-refractivity contribution >= 4 is 22.3 Å². The van der Waals surface area contributed by atoms with Crippen LogP contribution < -0.4 is 4.90 Å². The molecule has 2 heterocycles. The van der Waals surface area contributed by atoms with Crippen LogP contribution in [0.1, 0.15) is 0 Å². The Labute approximate surface area is 138 Å². The topological polar surface area (TPSA) is 71.4 Å². The number of hydrogen-bond acceptors (Lipinski definition) is 4. The van der Waals surface area contributed by atoms with Crippen LogP contribution in [0.25, 0.3) is 22.2 Å². The molecule has 0 spiro atoms. The molecule has 0 amide bonds. The zero-order valence-corrected chi connectivity index (χ0v) is 13.1. The minimum Gasteiger partial charge on any atom is -0.378 e. The zero-order valence-electron chi connectivity index (χ0n) is 13.1. The molecule has 4 rings (SSSR count). The van der Waals surface area contributed by atoms with E-state index in [4.69, 9.17) is 4.74 Å². The first-order chi connectivity index (χ1) is 11.8. The molecule has 6 heteroatoms. The highest BCUT2D eigenvalue weighted by Crippen LogP contribution is 2.41. The summed E-state index contributed by atoms with van der Waals surface area (Å²) in [7, 11) is 0. The molecule has 1 aliphatic rings. The second kappa shape index (κ2) is 5.98. The molecule has 122 valence electrons. The van der Waals surface area contributed by atoms with Crippen molar-refractivity contribution in [1.82, 2.24) is 4.98 Å². The number of benzene rings is 2. The summed E-state index contributed by atoms with van der Waals surface area (Å²) in [6.45, 7) is 2.87. The lowest BCUT2D eigenvalue weighted by Gasteiger charge is -2.29. The van der Waals surface area contributed by atoms with Crippen molar-refractivity contribution in [3.05, 3.63) is 58.6 Å². The molecule has 1 fully saturated rings. The molecule has 0 bridgehead atoms. The lowest BCUT2D eigenvalue weighted by molar-refractivity contribution is -0.384. The van der Waals surface area contributed by atoms with Crippen LogP contribution in [0.2, 0.25) is 0 Å². The third kappa shape index (κ3) is 2.41. The van der Waals surface area contributed by atoms with Crippen molar-refractivity contribution in [3.63, 3.8) is 0 Å². The molecule has 1 aromatic heterocycles. The summed E-state index contributed by atoms with van der Waals surface area (Å²) in [5, 5.41) is 12.5. The number of nitro groups is 1. The van der Waals surface area contributed by atoms with Gasteiger partial charge in [0.1, 0.15) is 0 Å². The summed E-state index contributed by atoms with van der Waals surface area (Å²) >= 11 is 0. The van der Waals surface area contributed by atoms with E-state index in [2.05, 4.69) is 16.0 Å². The maximum Gasteiger partial charge on any atom is 0.278 e. The van der Waals surface area contributed by atoms with Crippen LogP contribution in [-0.4, -0.2) is 36.2 Å². The number of nitrogens with one attached hydrogen (secondary N) is 1. The second-order valence-corrected chi connectivity index (χ2v) is 5.77. The highest BCUT2D eigenvalue weighted by molar-refractivity contribution is 6.02. The van der Waals surface area contributed by atoms with Gasteiger partial charge in [0.05, 0.1) is 35.1 Å². The van der Waals surface area contributed by atoms with Gasteiger partial charge in [0, 0.05) is 30.1 Å². The first-order valence-electron chi connectivity index (χ1n) is 7.93. The maximum absolute atomic E-state index is 11.5. The predicted molar refractivity (Wildman–Crippen MR) is 93.4 cm³/mol. The van der Waals surface area contributed by atoms with Gasteiger partial charge in [0.15, 0.2) is 0 Å². The molecule has 0 aliphatic carbocycles. The van der Waals surface area contributed by atoms with Gasteiger partial charge in [-0.3, -0.25) is 10.1 Å². The molecule has 1 N–H and O–H groups in total. The third-order valence-corrected chi connectivity index (χ3v) is 4.38. The van der Waals surface area contributed by atoms with Crippen molar-refractivity contribution in [3.8, 4) is 11.3 Å². The van der Waals surface area contributed by atoms with E-state index in [9.17, 15) is 10.1 Å². The number of aromatic amines is 1. The third-order valence-electron chi connectivity index (χ3n) is 4.38. The smallest absolute Gasteiger partial charge is 0.278 e. The number of para-hydroxylation sites is 2. The molecule has 1 aliphatic heterocycles. The molecule has 0 radical (unpaired) electrons. The van der Waals surface area contributed by atoms with E-state index in [1.807, 2.05) is 24.3 Å². The highest BCUT2D eigenvalue weighted by atomic mass is 16.6. The Balaban J connectivity index is 1.97. The highest BCUT2D eigenvalue weighted by Gasteiger charge is 2.25. The van der Waals surface area contributed by atoms with Crippen LogP contribution in [0.4, 0.5) is 11.4 Å². The van der Waals surface area contributed by atoms with Crippen molar-refractivity contribution in [2.24, 2.45) is 0 Å². The van der Waals surface area contributed by atoms with E-state index in [-0.39, 0.29) is 10.6 Å². The lowest BCUT2D eigenvalue weighted by atomic mass is 10.1. The second-order valence-electron chi connectivity index (χ2n) is 5.77. The van der Waals surface area contributed by atoms with Crippen LogP contribution in [0.3, 0.4) is 0 Å². The fraction of sp³-hybridized carbons (Fsp3) is 0.222. The van der Waals surface area contributed by atoms with Crippen molar-refractivity contribution in [2.45, 2.75) is 0 Å². The van der Waals surface area contributed by atoms with Crippen LogP contribution in [-0.2, 0) is 4.74 Å². The largest absolute Gasteiger partial charge is 0.378 e. The molecule has 6 nitrogen and oxygen atoms in total. The normalized spacial score (nSPS) is 14.9. The molecule has 0 atom stereocenters. The summed E-state index contributed by atoms with van der Waals surface area (Å²) < 4.78 is 5.46. The van der Waals surface area contributed by atoms with Gasteiger partial charge in [-0.25, -0.2) is 0 Å². The van der Waals surface area contributed by atoms with E-state index in [0.29, 0.717) is 18.8 Å². The Kier molecular flexibility index (Phi) is 3.66. The number of fused-ring (bicyclic) bond motifs is 1. The van der Waals surface area contributed by atoms with Gasteiger partial charge in [-0.2, -0.15) is 0 Å². The van der Waals surface area contributed by atoms with Crippen LogP contribution in [0.5, 0.6) is 0 Å². The summed E-state index contributed by atoms with van der Waals surface area (Å²) in [6, 6.07) is 14.9. The monoisotopic (exact) mass is 323 g/mol. The van der Waals surface area contributed by atoms with E-state index in [0.717, 1.165) is 35.4 Å². The summed E-state index contributed by atoms with van der Waals surface area (Å²) in [5.41, 5.74) is 3.51. The fourth-order valence-corrected chi connectivity index (χ4v) is 3.28. The van der Waals surface area contributed by atoms with Gasteiger partial charge in [-0.05, 0) is 12.1 Å². The number of nitro benzene ring substituents is 1. The van der Waals surface area contributed by atoms with E-state index in [1.54, 1.807) is 18.2 Å². The Hall–Kier alpha value is -2.86. The average Bonchev–Trinajstić information content (AvgIpc) is 3.01. The number of anilines is 1. The first-order valence-corrected chi connectivity index (χ1v) is 7.93. The molecule has 0 saturated carbocycles. The van der Waals surface area contributed by atoms with Crippen LogP contribution >= 0.6 is 0 Å². The number of hydrogen-bond donors (Lipinski definition) is 1. The van der Waals surface area contributed by atoms with Crippen molar-refractivity contribution < 1.29 is 9.66 Å². The number of morpholine rings is 1. The van der Waals surface area contributed by atoms with Crippen molar-refractivity contribution in [2.75, 3.05) is 31.2 Å². The lowest BCUT2D eigenvalue weighted by Crippen LogP contribution is -2.36. The van der Waals surface area contributed by atoms with Crippen molar-refractivity contribution in [1.29, 1.82) is 0 Å². The van der Waals surface area contributed by atoms with Gasteiger partial charge >= 0.3 is 0 Å². The SMILES string of the molecule is O=[N+]([O-])c1ccccc1-c1[nH]c2ccccc2c1N1CCOCC1. The molecule has 2 aromatic carbocycles. The minimum absolute atomic E-state index is 0.110. The molecule has 0 unspecified atom stereocenters. The Morgan fingerprint density at radius 3 is 2.54 bits per heavy atom. The molecule has 24 heavy (non-hydrogen) atoms. The standard InChI is InChI=1S/C18H17N3O3/c22-21(23)16-8-4-2-6-14(16)17-18(20-9-11-24-12-10-20)13-5-1-3-7-15(13)19-17/h1-8,19H,9-12H2. The number of aromatic nitrogens is 1. The first kappa shape index (κ1) is 14.7. The number of ether oxygens (including phenoxy) is 1.